The third-order valence-corrected chi connectivity index (χ3v) is 8.05. The summed E-state index contributed by atoms with van der Waals surface area (Å²) in [6.07, 6.45) is 16.0. The van der Waals surface area contributed by atoms with Gasteiger partial charge in [-0.05, 0) is 68.9 Å². The van der Waals surface area contributed by atoms with Crippen molar-refractivity contribution in [2.75, 3.05) is 5.32 Å². The van der Waals surface area contributed by atoms with E-state index in [2.05, 4.69) is 32.7 Å². The van der Waals surface area contributed by atoms with E-state index in [-0.39, 0.29) is 17.7 Å². The van der Waals surface area contributed by atoms with Gasteiger partial charge in [-0.25, -0.2) is 19.7 Å². The first-order valence-electron chi connectivity index (χ1n) is 13.7. The van der Waals surface area contributed by atoms with E-state index >= 15 is 0 Å². The molecule has 202 valence electrons. The van der Waals surface area contributed by atoms with E-state index in [1.165, 1.54) is 19.3 Å². The molecule has 9 heteroatoms. The highest BCUT2D eigenvalue weighted by molar-refractivity contribution is 6.01. The Kier molecular flexibility index (Phi) is 7.92. The summed E-state index contributed by atoms with van der Waals surface area (Å²) in [4.78, 5) is 28.8. The van der Waals surface area contributed by atoms with Crippen molar-refractivity contribution in [2.45, 2.75) is 64.5 Å². The van der Waals surface area contributed by atoms with Gasteiger partial charge in [-0.2, -0.15) is 4.99 Å². The van der Waals surface area contributed by atoms with E-state index in [1.807, 2.05) is 42.5 Å². The molecule has 0 bridgehead atoms. The fraction of sp³-hybridized carbons (Fsp3) is 0.433. The summed E-state index contributed by atoms with van der Waals surface area (Å²) in [6, 6.07) is 10.2. The van der Waals surface area contributed by atoms with Crippen LogP contribution >= 0.6 is 0 Å². The first kappa shape index (κ1) is 26.4. The Morgan fingerprint density at radius 1 is 1.18 bits per heavy atom. The fourth-order valence-electron chi connectivity index (χ4n) is 5.51. The first-order chi connectivity index (χ1) is 18.9. The van der Waals surface area contributed by atoms with Crippen LogP contribution in [-0.4, -0.2) is 42.6 Å². The molecular formula is C30H35N7O2. The highest BCUT2D eigenvalue weighted by Gasteiger charge is 2.28. The molecule has 2 aromatic heterocycles. The predicted molar refractivity (Wildman–Crippen MR) is 154 cm³/mol. The third-order valence-electron chi connectivity index (χ3n) is 8.05. The zero-order valence-electron chi connectivity index (χ0n) is 22.3. The molecule has 3 aromatic rings. The Bertz CT molecular complexity index is 1430. The van der Waals surface area contributed by atoms with Crippen LogP contribution in [0.4, 0.5) is 10.6 Å². The summed E-state index contributed by atoms with van der Waals surface area (Å²) >= 11 is 0. The molecular weight excluding hydrogens is 490 g/mol. The summed E-state index contributed by atoms with van der Waals surface area (Å²) in [5.41, 5.74) is 8.30. The van der Waals surface area contributed by atoms with E-state index in [0.717, 1.165) is 49.1 Å². The molecule has 4 N–H and O–H groups in total. The standard InChI is InChI=1S/C30H35N7O2/c1-3-20-12-14-22(15-13-20)18-37-24(17-16-21-8-5-4-6-9-21)33-28-25(37)27(32-19(2)23-10-7-11-23)35-29(36-28)26(31)34-30(38)39/h1,4-6,8-9,16-17,19-20,22-23H,7,10-15,18H2,2H3,(H2,31,34)(H,38,39)(H,32,35,36)/b17-16+/t19-,20?,22?/m1/s1. The molecule has 39 heavy (non-hydrogen) atoms. The molecule has 2 aliphatic rings. The molecule has 0 radical (unpaired) electrons. The number of carbonyl (C=O) groups is 1. The molecule has 1 aromatic carbocycles. The third kappa shape index (κ3) is 6.11. The molecule has 2 aliphatic carbocycles. The van der Waals surface area contributed by atoms with Crippen LogP contribution in [0.3, 0.4) is 0 Å². The highest BCUT2D eigenvalue weighted by atomic mass is 16.4. The van der Waals surface area contributed by atoms with Gasteiger partial charge in [0.15, 0.2) is 23.1 Å². The van der Waals surface area contributed by atoms with Gasteiger partial charge < -0.3 is 20.7 Å². The monoisotopic (exact) mass is 525 g/mol. The summed E-state index contributed by atoms with van der Waals surface area (Å²) in [6.45, 7) is 2.92. The van der Waals surface area contributed by atoms with Gasteiger partial charge in [-0.15, -0.1) is 12.3 Å². The van der Waals surface area contributed by atoms with Gasteiger partial charge in [0.2, 0.25) is 0 Å². The van der Waals surface area contributed by atoms with Gasteiger partial charge in [0.1, 0.15) is 11.3 Å². The van der Waals surface area contributed by atoms with Gasteiger partial charge in [0.25, 0.3) is 0 Å². The molecule has 0 aliphatic heterocycles. The number of carboxylic acid groups (broad SMARTS) is 1. The van der Waals surface area contributed by atoms with Gasteiger partial charge in [-0.1, -0.05) is 42.8 Å². The Morgan fingerprint density at radius 3 is 2.56 bits per heavy atom. The van der Waals surface area contributed by atoms with Crippen LogP contribution < -0.4 is 11.1 Å². The lowest BCUT2D eigenvalue weighted by molar-refractivity contribution is 0.205. The number of terminal acetylenes is 1. The lowest BCUT2D eigenvalue weighted by atomic mass is 9.80. The second-order valence-electron chi connectivity index (χ2n) is 10.7. The Hall–Kier alpha value is -4.19. The maximum Gasteiger partial charge on any atom is 0.433 e. The average Bonchev–Trinajstić information content (AvgIpc) is 3.24. The smallest absolute Gasteiger partial charge is 0.433 e. The van der Waals surface area contributed by atoms with Gasteiger partial charge in [0, 0.05) is 18.5 Å². The number of nitrogens with one attached hydrogen (secondary N) is 1. The molecule has 2 heterocycles. The van der Waals surface area contributed by atoms with Crippen LogP contribution in [0.5, 0.6) is 0 Å². The molecule has 0 unspecified atom stereocenters. The zero-order valence-corrected chi connectivity index (χ0v) is 22.3. The number of hydrogen-bond donors (Lipinski definition) is 3. The number of fused-ring (bicyclic) bond motifs is 1. The van der Waals surface area contributed by atoms with Crippen molar-refractivity contribution in [3.8, 4) is 12.3 Å². The molecule has 1 amide bonds. The van der Waals surface area contributed by atoms with Crippen molar-refractivity contribution in [2.24, 2.45) is 28.5 Å². The number of hydrogen-bond acceptors (Lipinski definition) is 5. The number of amides is 1. The lowest BCUT2D eigenvalue weighted by Crippen LogP contribution is -2.32. The largest absolute Gasteiger partial charge is 0.463 e. The van der Waals surface area contributed by atoms with Crippen molar-refractivity contribution in [3.05, 3.63) is 47.5 Å². The van der Waals surface area contributed by atoms with E-state index in [1.54, 1.807) is 0 Å². The van der Waals surface area contributed by atoms with Crippen molar-refractivity contribution < 1.29 is 9.90 Å². The normalized spacial score (nSPS) is 21.0. The van der Waals surface area contributed by atoms with Crippen molar-refractivity contribution in [1.29, 1.82) is 0 Å². The number of imidazole rings is 1. The van der Waals surface area contributed by atoms with E-state index in [9.17, 15) is 4.79 Å². The Balaban J connectivity index is 1.61. The zero-order chi connectivity index (χ0) is 27.4. The van der Waals surface area contributed by atoms with Gasteiger partial charge in [-0.3, -0.25) is 0 Å². The molecule has 5 rings (SSSR count). The number of benzene rings is 1. The van der Waals surface area contributed by atoms with Crippen LogP contribution in [0.1, 0.15) is 69.1 Å². The van der Waals surface area contributed by atoms with Crippen molar-refractivity contribution >= 4 is 41.1 Å². The Labute approximate surface area is 228 Å². The average molecular weight is 526 g/mol. The van der Waals surface area contributed by atoms with E-state index < -0.39 is 6.09 Å². The molecule has 2 fully saturated rings. The second kappa shape index (κ2) is 11.7. The van der Waals surface area contributed by atoms with E-state index in [0.29, 0.717) is 29.2 Å². The quantitative estimate of drug-likeness (QED) is 0.203. The molecule has 9 nitrogen and oxygen atoms in total. The number of nitrogens with zero attached hydrogens (tertiary/aromatic N) is 5. The maximum atomic E-state index is 11.2. The topological polar surface area (TPSA) is 131 Å². The molecule has 1 atom stereocenters. The van der Waals surface area contributed by atoms with Gasteiger partial charge >= 0.3 is 6.09 Å². The predicted octanol–water partition coefficient (Wildman–Crippen LogP) is 5.42. The molecule has 2 saturated carbocycles. The minimum atomic E-state index is -1.40. The van der Waals surface area contributed by atoms with Crippen LogP contribution in [0.15, 0.2) is 35.3 Å². The minimum absolute atomic E-state index is 0.0472. The summed E-state index contributed by atoms with van der Waals surface area (Å²) < 4.78 is 2.19. The van der Waals surface area contributed by atoms with Crippen molar-refractivity contribution in [3.63, 3.8) is 0 Å². The van der Waals surface area contributed by atoms with Crippen LogP contribution in [0, 0.1) is 30.1 Å². The number of rotatable bonds is 8. The molecule has 0 saturated heterocycles. The summed E-state index contributed by atoms with van der Waals surface area (Å²) in [5.74, 6) is 5.42. The van der Waals surface area contributed by atoms with Crippen LogP contribution in [0.2, 0.25) is 0 Å². The number of nitrogens with two attached hydrogens (primary N) is 1. The Morgan fingerprint density at radius 2 is 1.92 bits per heavy atom. The van der Waals surface area contributed by atoms with Crippen LogP contribution in [-0.2, 0) is 6.54 Å². The SMILES string of the molecule is C#CC1CCC(Cn2c(/C=C/c3ccccc3)nc3nc(/C(N)=N/C(=O)O)nc(N[C@H](C)C4CCC4)c32)CC1. The first-order valence-corrected chi connectivity index (χ1v) is 13.7. The van der Waals surface area contributed by atoms with Crippen molar-refractivity contribution in [1.82, 2.24) is 19.5 Å². The minimum Gasteiger partial charge on any atom is -0.463 e. The number of amidine groups is 1. The van der Waals surface area contributed by atoms with Crippen LogP contribution in [0.25, 0.3) is 23.3 Å². The summed E-state index contributed by atoms with van der Waals surface area (Å²) in [7, 11) is 0. The maximum absolute atomic E-state index is 11.2. The van der Waals surface area contributed by atoms with E-state index in [4.69, 9.17) is 27.2 Å². The summed E-state index contributed by atoms with van der Waals surface area (Å²) in [5, 5.41) is 12.7. The lowest BCUT2D eigenvalue weighted by Gasteiger charge is -2.32. The number of anilines is 1. The van der Waals surface area contributed by atoms with Gasteiger partial charge in [0.05, 0.1) is 0 Å². The fourth-order valence-corrected chi connectivity index (χ4v) is 5.51. The number of aliphatic imine (C=N–C) groups is 1. The second-order valence-corrected chi connectivity index (χ2v) is 10.7. The molecule has 0 spiro atoms. The number of aromatic nitrogens is 4. The highest BCUT2D eigenvalue weighted by Crippen LogP contribution is 2.34.